The topological polar surface area (TPSA) is 32.3 Å². The van der Waals surface area contributed by atoms with E-state index in [1.54, 1.807) is 6.07 Å². The Bertz CT molecular complexity index is 363. The Morgan fingerprint density at radius 2 is 2.00 bits per heavy atom. The zero-order valence-electron chi connectivity index (χ0n) is 11.0. The van der Waals surface area contributed by atoms with E-state index in [0.717, 1.165) is 5.56 Å². The molecule has 3 heteroatoms. The first-order valence-electron chi connectivity index (χ1n) is 6.04. The maximum absolute atomic E-state index is 13.1. The van der Waals surface area contributed by atoms with Crippen molar-refractivity contribution >= 4 is 0 Å². The van der Waals surface area contributed by atoms with Crippen LogP contribution in [-0.4, -0.2) is 17.3 Å². The quantitative estimate of drug-likeness (QED) is 0.828. The molecule has 1 rings (SSSR count). The number of hydrogen-bond acceptors (Lipinski definition) is 2. The van der Waals surface area contributed by atoms with Crippen molar-refractivity contribution < 1.29 is 9.50 Å². The molecule has 0 aliphatic rings. The van der Waals surface area contributed by atoms with Crippen LogP contribution in [0.1, 0.15) is 39.3 Å². The standard InChI is InChI=1S/C14H22FNO/c1-10(2)14(4,17)9-16-11(3)12-6-5-7-13(15)8-12/h5-8,10-11,16-17H,9H2,1-4H3/t11-,14?/m1/s1. The molecule has 0 heterocycles. The predicted octanol–water partition coefficient (Wildman–Crippen LogP) is 2.88. The van der Waals surface area contributed by atoms with Crippen LogP contribution in [0.3, 0.4) is 0 Å². The zero-order chi connectivity index (χ0) is 13.1. The van der Waals surface area contributed by atoms with Crippen LogP contribution in [-0.2, 0) is 0 Å². The number of halogens is 1. The van der Waals surface area contributed by atoms with Gasteiger partial charge in [-0.15, -0.1) is 0 Å². The van der Waals surface area contributed by atoms with Crippen LogP contribution in [0.25, 0.3) is 0 Å². The lowest BCUT2D eigenvalue weighted by Gasteiger charge is -2.29. The van der Waals surface area contributed by atoms with Gasteiger partial charge in [0.2, 0.25) is 0 Å². The van der Waals surface area contributed by atoms with Crippen molar-refractivity contribution in [1.82, 2.24) is 5.32 Å². The van der Waals surface area contributed by atoms with Gasteiger partial charge in [0.25, 0.3) is 0 Å². The fraction of sp³-hybridized carbons (Fsp3) is 0.571. The van der Waals surface area contributed by atoms with E-state index in [1.165, 1.54) is 12.1 Å². The van der Waals surface area contributed by atoms with E-state index in [-0.39, 0.29) is 17.8 Å². The Balaban J connectivity index is 2.59. The average Bonchev–Trinajstić information content (AvgIpc) is 2.25. The van der Waals surface area contributed by atoms with Gasteiger partial charge in [0.1, 0.15) is 5.82 Å². The number of nitrogens with one attached hydrogen (secondary N) is 1. The van der Waals surface area contributed by atoms with E-state index in [9.17, 15) is 9.50 Å². The minimum absolute atomic E-state index is 0.0240. The fourth-order valence-corrected chi connectivity index (χ4v) is 1.46. The van der Waals surface area contributed by atoms with Crippen LogP contribution >= 0.6 is 0 Å². The summed E-state index contributed by atoms with van der Waals surface area (Å²) in [5, 5.41) is 13.3. The number of benzene rings is 1. The highest BCUT2D eigenvalue weighted by atomic mass is 19.1. The summed E-state index contributed by atoms with van der Waals surface area (Å²) in [4.78, 5) is 0. The second-order valence-corrected chi connectivity index (χ2v) is 5.17. The van der Waals surface area contributed by atoms with Gasteiger partial charge in [-0.2, -0.15) is 0 Å². The molecule has 2 atom stereocenters. The summed E-state index contributed by atoms with van der Waals surface area (Å²) in [6.45, 7) is 8.22. The molecule has 0 saturated heterocycles. The molecule has 17 heavy (non-hydrogen) atoms. The molecule has 1 aromatic rings. The van der Waals surface area contributed by atoms with Crippen LogP contribution in [0.4, 0.5) is 4.39 Å². The first kappa shape index (κ1) is 14.1. The molecule has 0 fully saturated rings. The highest BCUT2D eigenvalue weighted by molar-refractivity contribution is 5.19. The van der Waals surface area contributed by atoms with Crippen LogP contribution in [0.5, 0.6) is 0 Å². The highest BCUT2D eigenvalue weighted by Gasteiger charge is 2.25. The van der Waals surface area contributed by atoms with Crippen molar-refractivity contribution in [3.8, 4) is 0 Å². The summed E-state index contributed by atoms with van der Waals surface area (Å²) in [7, 11) is 0. The number of rotatable bonds is 5. The van der Waals surface area contributed by atoms with Crippen molar-refractivity contribution in [1.29, 1.82) is 0 Å². The Morgan fingerprint density at radius 3 is 2.53 bits per heavy atom. The maximum atomic E-state index is 13.1. The molecule has 0 bridgehead atoms. The minimum Gasteiger partial charge on any atom is -0.389 e. The second-order valence-electron chi connectivity index (χ2n) is 5.17. The van der Waals surface area contributed by atoms with Gasteiger partial charge in [0.05, 0.1) is 5.60 Å². The average molecular weight is 239 g/mol. The Morgan fingerprint density at radius 1 is 1.35 bits per heavy atom. The normalized spacial score (nSPS) is 16.9. The molecule has 1 unspecified atom stereocenters. The second kappa shape index (κ2) is 5.61. The molecule has 0 aliphatic carbocycles. The van der Waals surface area contributed by atoms with Gasteiger partial charge in [-0.3, -0.25) is 0 Å². The van der Waals surface area contributed by atoms with Crippen molar-refractivity contribution in [2.45, 2.75) is 39.3 Å². The molecule has 0 radical (unpaired) electrons. The molecule has 96 valence electrons. The fourth-order valence-electron chi connectivity index (χ4n) is 1.46. The molecule has 0 amide bonds. The van der Waals surface area contributed by atoms with Gasteiger partial charge in [-0.1, -0.05) is 26.0 Å². The van der Waals surface area contributed by atoms with Crippen LogP contribution in [0.2, 0.25) is 0 Å². The summed E-state index contributed by atoms with van der Waals surface area (Å²) in [6.07, 6.45) is 0. The minimum atomic E-state index is -0.748. The Hall–Kier alpha value is -0.930. The molecular weight excluding hydrogens is 217 g/mol. The Labute approximate surface area is 103 Å². The van der Waals surface area contributed by atoms with E-state index >= 15 is 0 Å². The lowest BCUT2D eigenvalue weighted by atomic mass is 9.92. The lowest BCUT2D eigenvalue weighted by Crippen LogP contribution is -2.42. The number of hydrogen-bond donors (Lipinski definition) is 2. The van der Waals surface area contributed by atoms with Gasteiger partial charge >= 0.3 is 0 Å². The number of aliphatic hydroxyl groups is 1. The van der Waals surface area contributed by atoms with Crippen molar-refractivity contribution in [3.05, 3.63) is 35.6 Å². The van der Waals surface area contributed by atoms with E-state index in [2.05, 4.69) is 5.32 Å². The molecular formula is C14H22FNO. The first-order valence-corrected chi connectivity index (χ1v) is 6.04. The first-order chi connectivity index (χ1) is 7.83. The van der Waals surface area contributed by atoms with Gasteiger partial charge in [-0.25, -0.2) is 4.39 Å². The predicted molar refractivity (Wildman–Crippen MR) is 68.3 cm³/mol. The molecule has 0 spiro atoms. The molecule has 0 aromatic heterocycles. The van der Waals surface area contributed by atoms with Crippen LogP contribution < -0.4 is 5.32 Å². The third-order valence-electron chi connectivity index (χ3n) is 3.36. The summed E-state index contributed by atoms with van der Waals surface area (Å²) in [6, 6.07) is 6.55. The highest BCUT2D eigenvalue weighted by Crippen LogP contribution is 2.18. The summed E-state index contributed by atoms with van der Waals surface area (Å²) < 4.78 is 13.1. The molecule has 0 aliphatic heterocycles. The van der Waals surface area contributed by atoms with E-state index in [0.29, 0.717) is 6.54 Å². The molecule has 1 aromatic carbocycles. The van der Waals surface area contributed by atoms with Gasteiger partial charge in [-0.05, 0) is 37.5 Å². The third-order valence-corrected chi connectivity index (χ3v) is 3.36. The monoisotopic (exact) mass is 239 g/mol. The Kier molecular flexibility index (Phi) is 4.66. The summed E-state index contributed by atoms with van der Waals surface area (Å²) in [5.74, 6) is -0.0542. The zero-order valence-corrected chi connectivity index (χ0v) is 11.0. The van der Waals surface area contributed by atoms with Crippen molar-refractivity contribution in [2.75, 3.05) is 6.54 Å². The van der Waals surface area contributed by atoms with Crippen molar-refractivity contribution in [3.63, 3.8) is 0 Å². The molecule has 0 saturated carbocycles. The molecule has 2 N–H and O–H groups in total. The van der Waals surface area contributed by atoms with Crippen LogP contribution in [0.15, 0.2) is 24.3 Å². The maximum Gasteiger partial charge on any atom is 0.123 e. The summed E-state index contributed by atoms with van der Waals surface area (Å²) in [5.41, 5.74) is 0.145. The van der Waals surface area contributed by atoms with E-state index in [1.807, 2.05) is 33.8 Å². The van der Waals surface area contributed by atoms with Gasteiger partial charge in [0.15, 0.2) is 0 Å². The third kappa shape index (κ3) is 4.10. The summed E-state index contributed by atoms with van der Waals surface area (Å²) >= 11 is 0. The SMILES string of the molecule is CC(C)C(C)(O)CN[C@H](C)c1cccc(F)c1. The van der Waals surface area contributed by atoms with E-state index < -0.39 is 5.60 Å². The van der Waals surface area contributed by atoms with Gasteiger partial charge in [0, 0.05) is 12.6 Å². The van der Waals surface area contributed by atoms with Gasteiger partial charge < -0.3 is 10.4 Å². The van der Waals surface area contributed by atoms with E-state index in [4.69, 9.17) is 0 Å². The smallest absolute Gasteiger partial charge is 0.123 e. The largest absolute Gasteiger partial charge is 0.389 e. The molecule has 2 nitrogen and oxygen atoms in total. The lowest BCUT2D eigenvalue weighted by molar-refractivity contribution is 0.0122. The van der Waals surface area contributed by atoms with Crippen LogP contribution in [0, 0.1) is 11.7 Å². The van der Waals surface area contributed by atoms with Crippen molar-refractivity contribution in [2.24, 2.45) is 5.92 Å².